The highest BCUT2D eigenvalue weighted by atomic mass is 19.1. The van der Waals surface area contributed by atoms with Crippen molar-refractivity contribution in [2.24, 2.45) is 10.9 Å². The van der Waals surface area contributed by atoms with E-state index in [0.29, 0.717) is 25.6 Å². The first-order valence-corrected chi connectivity index (χ1v) is 7.73. The van der Waals surface area contributed by atoms with E-state index in [-0.39, 0.29) is 17.6 Å². The van der Waals surface area contributed by atoms with E-state index in [1.807, 2.05) is 13.0 Å². The van der Waals surface area contributed by atoms with Gasteiger partial charge in [0.1, 0.15) is 5.82 Å². The molecular weight excluding hydrogens is 283 g/mol. The van der Waals surface area contributed by atoms with Gasteiger partial charge in [-0.15, -0.1) is 0 Å². The molecule has 1 aliphatic carbocycles. The normalized spacial score (nSPS) is 14.5. The average molecular weight is 306 g/mol. The molecule has 6 heteroatoms. The van der Waals surface area contributed by atoms with Crippen molar-refractivity contribution in [1.82, 2.24) is 16.0 Å². The van der Waals surface area contributed by atoms with Gasteiger partial charge in [0.15, 0.2) is 5.96 Å². The van der Waals surface area contributed by atoms with Gasteiger partial charge in [-0.05, 0) is 37.5 Å². The van der Waals surface area contributed by atoms with Crippen LogP contribution in [0, 0.1) is 11.7 Å². The Balaban J connectivity index is 1.75. The third-order valence-corrected chi connectivity index (χ3v) is 3.32. The van der Waals surface area contributed by atoms with Crippen LogP contribution in [0.25, 0.3) is 0 Å². The third kappa shape index (κ3) is 5.71. The molecule has 0 unspecified atom stereocenters. The Labute approximate surface area is 130 Å². The lowest BCUT2D eigenvalue weighted by Gasteiger charge is -2.11. The number of carbonyl (C=O) groups is 1. The van der Waals surface area contributed by atoms with Crippen molar-refractivity contribution in [2.75, 3.05) is 19.6 Å². The van der Waals surface area contributed by atoms with Gasteiger partial charge in [0, 0.05) is 25.6 Å². The standard InChI is InChI=1S/C16H23FN4O/c1-2-18-16(20-9-8-19-15(22)13-6-7-13)21-11-12-4-3-5-14(17)10-12/h3-5,10,13H,2,6-9,11H2,1H3,(H,19,22)(H2,18,20,21). The number of aliphatic imine (C=N–C) groups is 1. The van der Waals surface area contributed by atoms with Crippen LogP contribution in [0.2, 0.25) is 0 Å². The number of hydrogen-bond acceptors (Lipinski definition) is 2. The third-order valence-electron chi connectivity index (χ3n) is 3.32. The van der Waals surface area contributed by atoms with Crippen LogP contribution in [0.4, 0.5) is 4.39 Å². The lowest BCUT2D eigenvalue weighted by Crippen LogP contribution is -2.41. The van der Waals surface area contributed by atoms with E-state index >= 15 is 0 Å². The van der Waals surface area contributed by atoms with Crippen LogP contribution in [0.5, 0.6) is 0 Å². The van der Waals surface area contributed by atoms with Crippen LogP contribution in [0.1, 0.15) is 25.3 Å². The Kier molecular flexibility index (Phi) is 6.18. The van der Waals surface area contributed by atoms with Gasteiger partial charge in [0.25, 0.3) is 0 Å². The summed E-state index contributed by atoms with van der Waals surface area (Å²) in [6, 6.07) is 6.40. The Morgan fingerprint density at radius 2 is 2.05 bits per heavy atom. The topological polar surface area (TPSA) is 65.5 Å². The summed E-state index contributed by atoms with van der Waals surface area (Å²) < 4.78 is 13.1. The highest BCUT2D eigenvalue weighted by Gasteiger charge is 2.28. The van der Waals surface area contributed by atoms with Gasteiger partial charge in [-0.25, -0.2) is 9.38 Å². The molecule has 5 nitrogen and oxygen atoms in total. The molecule has 2 rings (SSSR count). The maximum absolute atomic E-state index is 13.1. The van der Waals surface area contributed by atoms with Gasteiger partial charge < -0.3 is 16.0 Å². The molecule has 0 bridgehead atoms. The van der Waals surface area contributed by atoms with Gasteiger partial charge in [-0.1, -0.05) is 12.1 Å². The summed E-state index contributed by atoms with van der Waals surface area (Å²) >= 11 is 0. The minimum absolute atomic E-state index is 0.142. The van der Waals surface area contributed by atoms with E-state index in [0.717, 1.165) is 24.9 Å². The van der Waals surface area contributed by atoms with E-state index in [1.54, 1.807) is 6.07 Å². The predicted molar refractivity (Wildman–Crippen MR) is 85.0 cm³/mol. The second-order valence-electron chi connectivity index (χ2n) is 5.32. The molecule has 0 aromatic heterocycles. The summed E-state index contributed by atoms with van der Waals surface area (Å²) in [4.78, 5) is 15.9. The Hall–Kier alpha value is -2.11. The molecule has 0 saturated heterocycles. The van der Waals surface area contributed by atoms with Crippen LogP contribution in [0.15, 0.2) is 29.3 Å². The van der Waals surface area contributed by atoms with E-state index in [9.17, 15) is 9.18 Å². The Bertz CT molecular complexity index is 529. The molecule has 1 aromatic carbocycles. The largest absolute Gasteiger partial charge is 0.357 e. The molecule has 0 heterocycles. The zero-order valence-electron chi connectivity index (χ0n) is 12.9. The van der Waals surface area contributed by atoms with Gasteiger partial charge in [0.2, 0.25) is 5.91 Å². The van der Waals surface area contributed by atoms with Crippen molar-refractivity contribution in [1.29, 1.82) is 0 Å². The molecule has 1 amide bonds. The highest BCUT2D eigenvalue weighted by Crippen LogP contribution is 2.28. The summed E-state index contributed by atoms with van der Waals surface area (Å²) in [7, 11) is 0. The first-order chi connectivity index (χ1) is 10.7. The number of hydrogen-bond donors (Lipinski definition) is 3. The second-order valence-corrected chi connectivity index (χ2v) is 5.32. The monoisotopic (exact) mass is 306 g/mol. The number of guanidine groups is 1. The predicted octanol–water partition coefficient (Wildman–Crippen LogP) is 1.41. The number of amides is 1. The summed E-state index contributed by atoms with van der Waals surface area (Å²) in [5.74, 6) is 0.777. The zero-order valence-corrected chi connectivity index (χ0v) is 12.9. The number of nitrogens with zero attached hydrogens (tertiary/aromatic N) is 1. The molecule has 0 spiro atoms. The number of nitrogens with one attached hydrogen (secondary N) is 3. The first kappa shape index (κ1) is 16.3. The minimum Gasteiger partial charge on any atom is -0.357 e. The molecule has 1 saturated carbocycles. The van der Waals surface area contributed by atoms with E-state index in [2.05, 4.69) is 20.9 Å². The van der Waals surface area contributed by atoms with E-state index in [1.165, 1.54) is 12.1 Å². The van der Waals surface area contributed by atoms with Gasteiger partial charge in [-0.3, -0.25) is 4.79 Å². The average Bonchev–Trinajstić information content (AvgIpc) is 3.33. The number of rotatable bonds is 7. The summed E-state index contributed by atoms with van der Waals surface area (Å²) in [5.41, 5.74) is 0.819. The molecule has 3 N–H and O–H groups in total. The summed E-state index contributed by atoms with van der Waals surface area (Å²) in [6.45, 7) is 4.30. The first-order valence-electron chi connectivity index (χ1n) is 7.73. The molecule has 1 aliphatic rings. The fourth-order valence-corrected chi connectivity index (χ4v) is 2.00. The summed E-state index contributed by atoms with van der Waals surface area (Å²) in [6.07, 6.45) is 2.02. The molecule has 0 radical (unpaired) electrons. The highest BCUT2D eigenvalue weighted by molar-refractivity contribution is 5.81. The Morgan fingerprint density at radius 3 is 2.73 bits per heavy atom. The number of carbonyl (C=O) groups excluding carboxylic acids is 1. The molecule has 22 heavy (non-hydrogen) atoms. The number of benzene rings is 1. The fourth-order valence-electron chi connectivity index (χ4n) is 2.00. The van der Waals surface area contributed by atoms with Crippen molar-refractivity contribution >= 4 is 11.9 Å². The van der Waals surface area contributed by atoms with Crippen LogP contribution in [-0.2, 0) is 11.3 Å². The minimum atomic E-state index is -0.256. The fraction of sp³-hybridized carbons (Fsp3) is 0.500. The molecular formula is C16H23FN4O. The molecule has 0 atom stereocenters. The van der Waals surface area contributed by atoms with Crippen LogP contribution < -0.4 is 16.0 Å². The van der Waals surface area contributed by atoms with Crippen molar-refractivity contribution in [3.8, 4) is 0 Å². The van der Waals surface area contributed by atoms with Crippen molar-refractivity contribution < 1.29 is 9.18 Å². The Morgan fingerprint density at radius 1 is 1.27 bits per heavy atom. The van der Waals surface area contributed by atoms with Gasteiger partial charge >= 0.3 is 0 Å². The second kappa shape index (κ2) is 8.36. The maximum atomic E-state index is 13.1. The van der Waals surface area contributed by atoms with Crippen molar-refractivity contribution in [3.05, 3.63) is 35.6 Å². The van der Waals surface area contributed by atoms with Crippen LogP contribution in [-0.4, -0.2) is 31.5 Å². The van der Waals surface area contributed by atoms with Gasteiger partial charge in [0.05, 0.1) is 6.54 Å². The van der Waals surface area contributed by atoms with Crippen LogP contribution in [0.3, 0.4) is 0 Å². The smallest absolute Gasteiger partial charge is 0.223 e. The lowest BCUT2D eigenvalue weighted by molar-refractivity contribution is -0.122. The molecule has 120 valence electrons. The quantitative estimate of drug-likeness (QED) is 0.405. The van der Waals surface area contributed by atoms with Gasteiger partial charge in [-0.2, -0.15) is 0 Å². The SMILES string of the molecule is CCNC(=NCc1cccc(F)c1)NCCNC(=O)C1CC1. The van der Waals surface area contributed by atoms with E-state index < -0.39 is 0 Å². The van der Waals surface area contributed by atoms with Crippen molar-refractivity contribution in [3.63, 3.8) is 0 Å². The lowest BCUT2D eigenvalue weighted by atomic mass is 10.2. The molecule has 0 aliphatic heterocycles. The number of halogens is 1. The van der Waals surface area contributed by atoms with E-state index in [4.69, 9.17) is 0 Å². The molecule has 1 fully saturated rings. The van der Waals surface area contributed by atoms with Crippen molar-refractivity contribution in [2.45, 2.75) is 26.3 Å². The summed E-state index contributed by atoms with van der Waals surface area (Å²) in [5, 5.41) is 9.16. The van der Waals surface area contributed by atoms with Crippen LogP contribution >= 0.6 is 0 Å². The zero-order chi connectivity index (χ0) is 15.8. The molecule has 1 aromatic rings. The maximum Gasteiger partial charge on any atom is 0.223 e.